The highest BCUT2D eigenvalue weighted by molar-refractivity contribution is 5.79. The zero-order chi connectivity index (χ0) is 12.7. The first-order valence-corrected chi connectivity index (χ1v) is 5.96. The molecule has 94 valence electrons. The maximum absolute atomic E-state index is 11.6. The molecule has 1 atom stereocenters. The molecule has 3 N–H and O–H groups in total. The third-order valence-electron chi connectivity index (χ3n) is 2.39. The molecule has 0 heterocycles. The molecule has 1 aromatic carbocycles. The number of aliphatic hydroxyl groups excluding tert-OH is 1. The highest BCUT2D eigenvalue weighted by Gasteiger charge is 2.07. The molecule has 0 radical (unpaired) electrons. The number of nitrogens with one attached hydrogen (secondary N) is 2. The number of carbonyl (C=O) groups is 1. The molecule has 0 aliphatic carbocycles. The van der Waals surface area contributed by atoms with Crippen molar-refractivity contribution in [2.45, 2.75) is 32.9 Å². The molecular weight excluding hydrogens is 216 g/mol. The highest BCUT2D eigenvalue weighted by atomic mass is 16.3. The van der Waals surface area contributed by atoms with Gasteiger partial charge >= 0.3 is 0 Å². The Labute approximate surface area is 102 Å². The molecule has 0 saturated heterocycles. The van der Waals surface area contributed by atoms with E-state index in [0.717, 1.165) is 17.8 Å². The van der Waals surface area contributed by atoms with Crippen LogP contribution in [0.5, 0.6) is 0 Å². The molecule has 4 nitrogen and oxygen atoms in total. The van der Waals surface area contributed by atoms with Crippen molar-refractivity contribution in [1.82, 2.24) is 5.32 Å². The fourth-order valence-corrected chi connectivity index (χ4v) is 1.52. The van der Waals surface area contributed by atoms with Gasteiger partial charge in [-0.1, -0.05) is 19.1 Å². The number of hydrogen-bond acceptors (Lipinski definition) is 3. The summed E-state index contributed by atoms with van der Waals surface area (Å²) >= 11 is 0. The van der Waals surface area contributed by atoms with E-state index >= 15 is 0 Å². The summed E-state index contributed by atoms with van der Waals surface area (Å²) in [5.74, 6) is -0.159. The molecule has 4 heteroatoms. The van der Waals surface area contributed by atoms with Gasteiger partial charge in [0.25, 0.3) is 0 Å². The average molecular weight is 236 g/mol. The van der Waals surface area contributed by atoms with Gasteiger partial charge in [-0.15, -0.1) is 0 Å². The zero-order valence-corrected chi connectivity index (χ0v) is 10.4. The number of benzene rings is 1. The van der Waals surface area contributed by atoms with Crippen LogP contribution in [0.1, 0.15) is 25.8 Å². The molecule has 0 saturated carbocycles. The SMILES string of the molecule is CCNc1cccc(CC(=O)NC(O)CC)c1. The van der Waals surface area contributed by atoms with Crippen molar-refractivity contribution in [1.29, 1.82) is 0 Å². The van der Waals surface area contributed by atoms with Gasteiger partial charge in [0.05, 0.1) is 6.42 Å². The number of aliphatic hydroxyl groups is 1. The van der Waals surface area contributed by atoms with Crippen LogP contribution in [0.2, 0.25) is 0 Å². The second kappa shape index (κ2) is 6.91. The lowest BCUT2D eigenvalue weighted by atomic mass is 10.1. The van der Waals surface area contributed by atoms with Gasteiger partial charge in [-0.05, 0) is 31.0 Å². The summed E-state index contributed by atoms with van der Waals surface area (Å²) in [6, 6.07) is 7.73. The topological polar surface area (TPSA) is 61.4 Å². The van der Waals surface area contributed by atoms with Crippen LogP contribution in [0, 0.1) is 0 Å². The minimum absolute atomic E-state index is 0.159. The number of anilines is 1. The Balaban J connectivity index is 2.55. The van der Waals surface area contributed by atoms with Gasteiger partial charge in [-0.2, -0.15) is 0 Å². The van der Waals surface area contributed by atoms with Gasteiger partial charge in [0.2, 0.25) is 5.91 Å². The van der Waals surface area contributed by atoms with Gasteiger partial charge in [0.1, 0.15) is 6.23 Å². The maximum Gasteiger partial charge on any atom is 0.226 e. The largest absolute Gasteiger partial charge is 0.385 e. The van der Waals surface area contributed by atoms with Crippen LogP contribution in [-0.4, -0.2) is 23.8 Å². The molecule has 0 spiro atoms. The van der Waals surface area contributed by atoms with Crippen molar-refractivity contribution in [2.75, 3.05) is 11.9 Å². The van der Waals surface area contributed by atoms with E-state index in [2.05, 4.69) is 10.6 Å². The molecule has 1 unspecified atom stereocenters. The molecule has 0 aliphatic heterocycles. The number of rotatable bonds is 6. The van der Waals surface area contributed by atoms with E-state index in [-0.39, 0.29) is 12.3 Å². The Bertz CT molecular complexity index is 366. The van der Waals surface area contributed by atoms with Gasteiger partial charge in [-0.3, -0.25) is 4.79 Å². The first kappa shape index (κ1) is 13.5. The number of carbonyl (C=O) groups excluding carboxylic acids is 1. The summed E-state index contributed by atoms with van der Waals surface area (Å²) < 4.78 is 0. The lowest BCUT2D eigenvalue weighted by Crippen LogP contribution is -2.35. The van der Waals surface area contributed by atoms with Crippen molar-refractivity contribution < 1.29 is 9.90 Å². The van der Waals surface area contributed by atoms with Crippen molar-refractivity contribution in [3.05, 3.63) is 29.8 Å². The maximum atomic E-state index is 11.6. The molecule has 0 bridgehead atoms. The minimum atomic E-state index is -0.751. The van der Waals surface area contributed by atoms with Crippen molar-refractivity contribution in [3.8, 4) is 0 Å². The first-order chi connectivity index (χ1) is 8.15. The van der Waals surface area contributed by atoms with Gasteiger partial charge in [0, 0.05) is 12.2 Å². The van der Waals surface area contributed by atoms with Gasteiger partial charge in [-0.25, -0.2) is 0 Å². The van der Waals surface area contributed by atoms with Crippen molar-refractivity contribution in [3.63, 3.8) is 0 Å². The van der Waals surface area contributed by atoms with Gasteiger partial charge in [0.15, 0.2) is 0 Å². The van der Waals surface area contributed by atoms with Crippen molar-refractivity contribution in [2.24, 2.45) is 0 Å². The smallest absolute Gasteiger partial charge is 0.226 e. The molecule has 1 aromatic rings. The molecule has 1 rings (SSSR count). The first-order valence-electron chi connectivity index (χ1n) is 5.96. The Hall–Kier alpha value is -1.55. The molecule has 0 fully saturated rings. The Morgan fingerprint density at radius 1 is 1.41 bits per heavy atom. The number of hydrogen-bond donors (Lipinski definition) is 3. The van der Waals surface area contributed by atoms with Crippen LogP contribution in [0.3, 0.4) is 0 Å². The van der Waals surface area contributed by atoms with Crippen LogP contribution in [0.25, 0.3) is 0 Å². The van der Waals surface area contributed by atoms with E-state index < -0.39 is 6.23 Å². The summed E-state index contributed by atoms with van der Waals surface area (Å²) in [6.07, 6.45) is 0.0545. The van der Waals surface area contributed by atoms with E-state index in [4.69, 9.17) is 0 Å². The summed E-state index contributed by atoms with van der Waals surface area (Å²) in [5, 5.41) is 15.0. The van der Waals surface area contributed by atoms with E-state index in [9.17, 15) is 9.90 Å². The van der Waals surface area contributed by atoms with Crippen LogP contribution in [0.4, 0.5) is 5.69 Å². The summed E-state index contributed by atoms with van der Waals surface area (Å²) in [5.41, 5.74) is 1.94. The predicted octanol–water partition coefficient (Wildman–Crippen LogP) is 1.51. The normalized spacial score (nSPS) is 11.9. The van der Waals surface area contributed by atoms with Gasteiger partial charge < -0.3 is 15.7 Å². The lowest BCUT2D eigenvalue weighted by molar-refractivity contribution is -0.123. The van der Waals surface area contributed by atoms with Crippen LogP contribution >= 0.6 is 0 Å². The minimum Gasteiger partial charge on any atom is -0.385 e. The Morgan fingerprint density at radius 2 is 2.18 bits per heavy atom. The fraction of sp³-hybridized carbons (Fsp3) is 0.462. The summed E-state index contributed by atoms with van der Waals surface area (Å²) in [7, 11) is 0. The second-order valence-corrected chi connectivity index (χ2v) is 3.90. The molecule has 17 heavy (non-hydrogen) atoms. The summed E-state index contributed by atoms with van der Waals surface area (Å²) in [6.45, 7) is 4.69. The van der Waals surface area contributed by atoms with E-state index in [1.54, 1.807) is 0 Å². The average Bonchev–Trinajstić information content (AvgIpc) is 2.29. The second-order valence-electron chi connectivity index (χ2n) is 3.90. The molecule has 0 aliphatic rings. The quantitative estimate of drug-likeness (QED) is 0.656. The monoisotopic (exact) mass is 236 g/mol. The lowest BCUT2D eigenvalue weighted by Gasteiger charge is -2.11. The summed E-state index contributed by atoms with van der Waals surface area (Å²) in [4.78, 5) is 11.6. The molecule has 0 aromatic heterocycles. The van der Waals surface area contributed by atoms with E-state index in [1.807, 2.05) is 38.1 Å². The predicted molar refractivity (Wildman–Crippen MR) is 68.8 cm³/mol. The third-order valence-corrected chi connectivity index (χ3v) is 2.39. The third kappa shape index (κ3) is 4.87. The van der Waals surface area contributed by atoms with Crippen LogP contribution in [0.15, 0.2) is 24.3 Å². The van der Waals surface area contributed by atoms with Crippen molar-refractivity contribution >= 4 is 11.6 Å². The Morgan fingerprint density at radius 3 is 2.82 bits per heavy atom. The fourth-order valence-electron chi connectivity index (χ4n) is 1.52. The number of amides is 1. The standard InChI is InChI=1S/C13H20N2O2/c1-3-12(16)15-13(17)9-10-6-5-7-11(8-10)14-4-2/h5-8,12,14,16H,3-4,9H2,1-2H3,(H,15,17). The zero-order valence-electron chi connectivity index (χ0n) is 10.4. The van der Waals surface area contributed by atoms with Crippen LogP contribution < -0.4 is 10.6 Å². The highest BCUT2D eigenvalue weighted by Crippen LogP contribution is 2.10. The molecular formula is C13H20N2O2. The van der Waals surface area contributed by atoms with Crippen LogP contribution in [-0.2, 0) is 11.2 Å². The molecule has 1 amide bonds. The van der Waals surface area contributed by atoms with E-state index in [1.165, 1.54) is 0 Å². The van der Waals surface area contributed by atoms with E-state index in [0.29, 0.717) is 6.42 Å². The Kier molecular flexibility index (Phi) is 5.49.